The normalized spacial score (nSPS) is 13.9. The van der Waals surface area contributed by atoms with Crippen molar-refractivity contribution in [2.45, 2.75) is 33.2 Å². The van der Waals surface area contributed by atoms with E-state index in [4.69, 9.17) is 4.74 Å². The second-order valence-corrected chi connectivity index (χ2v) is 6.70. The maximum Gasteiger partial charge on any atom is 0.223 e. The number of hydrogen-bond acceptors (Lipinski definition) is 4. The molecule has 1 aliphatic heterocycles. The van der Waals surface area contributed by atoms with Gasteiger partial charge in [0.2, 0.25) is 5.91 Å². The fourth-order valence-electron chi connectivity index (χ4n) is 3.37. The largest absolute Gasteiger partial charge is 0.495 e. The molecule has 1 amide bonds. The van der Waals surface area contributed by atoms with Crippen LogP contribution in [0, 0.1) is 6.92 Å². The summed E-state index contributed by atoms with van der Waals surface area (Å²) in [5, 5.41) is 3.26. The highest BCUT2D eigenvalue weighted by Gasteiger charge is 2.24. The molecule has 0 radical (unpaired) electrons. The van der Waals surface area contributed by atoms with Gasteiger partial charge in [0.15, 0.2) is 5.78 Å². The van der Waals surface area contributed by atoms with Gasteiger partial charge in [0, 0.05) is 24.7 Å². The molecule has 2 aromatic carbocycles. The summed E-state index contributed by atoms with van der Waals surface area (Å²) in [6, 6.07) is 11.0. The van der Waals surface area contributed by atoms with Crippen molar-refractivity contribution in [2.75, 3.05) is 23.9 Å². The van der Waals surface area contributed by atoms with Crippen molar-refractivity contribution in [1.29, 1.82) is 0 Å². The molecule has 0 fully saturated rings. The predicted octanol–water partition coefficient (Wildman–Crippen LogP) is 3.60. The molecule has 3 rings (SSSR count). The number of ether oxygens (including phenoxy) is 1. The summed E-state index contributed by atoms with van der Waals surface area (Å²) in [5.41, 5.74) is 4.51. The Morgan fingerprint density at radius 3 is 2.65 bits per heavy atom. The molecule has 0 spiro atoms. The van der Waals surface area contributed by atoms with Gasteiger partial charge in [0.05, 0.1) is 18.8 Å². The molecule has 0 aromatic heterocycles. The fourth-order valence-corrected chi connectivity index (χ4v) is 3.37. The van der Waals surface area contributed by atoms with Gasteiger partial charge in [-0.2, -0.15) is 0 Å². The average molecular weight is 352 g/mol. The first kappa shape index (κ1) is 18.0. The Morgan fingerprint density at radius 1 is 1.19 bits per heavy atom. The number of ketones is 1. The Labute approximate surface area is 154 Å². The molecule has 5 heteroatoms. The van der Waals surface area contributed by atoms with Crippen LogP contribution in [0.4, 0.5) is 11.4 Å². The summed E-state index contributed by atoms with van der Waals surface area (Å²) < 4.78 is 5.37. The predicted molar refractivity (Wildman–Crippen MR) is 103 cm³/mol. The second-order valence-electron chi connectivity index (χ2n) is 6.70. The van der Waals surface area contributed by atoms with Crippen molar-refractivity contribution < 1.29 is 14.3 Å². The third kappa shape index (κ3) is 3.43. The monoisotopic (exact) mass is 352 g/mol. The van der Waals surface area contributed by atoms with Crippen LogP contribution >= 0.6 is 0 Å². The number of anilines is 2. The lowest BCUT2D eigenvalue weighted by atomic mass is 10.0. The molecule has 5 nitrogen and oxygen atoms in total. The topological polar surface area (TPSA) is 58.6 Å². The van der Waals surface area contributed by atoms with E-state index in [1.54, 1.807) is 25.0 Å². The number of rotatable bonds is 5. The standard InChI is InChI=1S/C21H24N2O3/c1-13-5-8-20(26-4)18(11-13)22-14(2)21(25)17-6-7-19-16(12-17)9-10-23(19)15(3)24/h5-8,11-12,14,22H,9-10H2,1-4H3/t14-/m1/s1. The molecular weight excluding hydrogens is 328 g/mol. The number of nitrogens with one attached hydrogen (secondary N) is 1. The van der Waals surface area contributed by atoms with Gasteiger partial charge in [-0.05, 0) is 61.7 Å². The SMILES string of the molecule is COc1ccc(C)cc1N[C@H](C)C(=O)c1ccc2c(c1)CCN2C(C)=O. The fraction of sp³-hybridized carbons (Fsp3) is 0.333. The third-order valence-electron chi connectivity index (χ3n) is 4.76. The molecule has 0 bridgehead atoms. The number of amides is 1. The lowest BCUT2D eigenvalue weighted by Crippen LogP contribution is -2.27. The molecule has 0 saturated carbocycles. The van der Waals surface area contributed by atoms with Crippen molar-refractivity contribution >= 4 is 23.1 Å². The van der Waals surface area contributed by atoms with Gasteiger partial charge in [0.25, 0.3) is 0 Å². The van der Waals surface area contributed by atoms with Crippen molar-refractivity contribution in [1.82, 2.24) is 0 Å². The van der Waals surface area contributed by atoms with Crippen molar-refractivity contribution in [3.63, 3.8) is 0 Å². The number of nitrogens with zero attached hydrogens (tertiary/aromatic N) is 1. The van der Waals surface area contributed by atoms with E-state index in [0.717, 1.165) is 28.9 Å². The molecule has 0 unspecified atom stereocenters. The molecule has 0 aliphatic carbocycles. The van der Waals surface area contributed by atoms with Gasteiger partial charge >= 0.3 is 0 Å². The van der Waals surface area contributed by atoms with Gasteiger partial charge in [0.1, 0.15) is 5.75 Å². The maximum atomic E-state index is 12.9. The quantitative estimate of drug-likeness (QED) is 0.836. The lowest BCUT2D eigenvalue weighted by molar-refractivity contribution is -0.116. The van der Waals surface area contributed by atoms with Crippen LogP contribution in [0.25, 0.3) is 0 Å². The Morgan fingerprint density at radius 2 is 1.96 bits per heavy atom. The number of benzene rings is 2. The Bertz CT molecular complexity index is 860. The van der Waals surface area contributed by atoms with Crippen LogP contribution in [-0.2, 0) is 11.2 Å². The summed E-state index contributed by atoms with van der Waals surface area (Å²) in [5.74, 6) is 0.753. The number of fused-ring (bicyclic) bond motifs is 1. The smallest absolute Gasteiger partial charge is 0.223 e. The van der Waals surface area contributed by atoms with Gasteiger partial charge in [-0.1, -0.05) is 6.07 Å². The average Bonchev–Trinajstić information content (AvgIpc) is 3.04. The molecule has 136 valence electrons. The van der Waals surface area contributed by atoms with Crippen molar-refractivity contribution in [3.05, 3.63) is 53.1 Å². The van der Waals surface area contributed by atoms with E-state index in [0.29, 0.717) is 17.9 Å². The number of carbonyl (C=O) groups is 2. The highest BCUT2D eigenvalue weighted by Crippen LogP contribution is 2.30. The minimum atomic E-state index is -0.394. The highest BCUT2D eigenvalue weighted by molar-refractivity contribution is 6.03. The molecule has 2 aromatic rings. The zero-order chi connectivity index (χ0) is 18.8. The number of hydrogen-bond donors (Lipinski definition) is 1. The first-order chi connectivity index (χ1) is 12.4. The van der Waals surface area contributed by atoms with Crippen LogP contribution in [0.15, 0.2) is 36.4 Å². The van der Waals surface area contributed by atoms with E-state index in [1.165, 1.54) is 0 Å². The van der Waals surface area contributed by atoms with Crippen LogP contribution in [-0.4, -0.2) is 31.4 Å². The summed E-state index contributed by atoms with van der Waals surface area (Å²) >= 11 is 0. The third-order valence-corrected chi connectivity index (χ3v) is 4.76. The Balaban J connectivity index is 1.80. The summed E-state index contributed by atoms with van der Waals surface area (Å²) in [6.45, 7) is 6.09. The Hall–Kier alpha value is -2.82. The molecule has 1 N–H and O–H groups in total. The van der Waals surface area contributed by atoms with Crippen LogP contribution in [0.2, 0.25) is 0 Å². The summed E-state index contributed by atoms with van der Waals surface area (Å²) in [6.07, 6.45) is 0.781. The number of methoxy groups -OCH3 is 1. The number of aryl methyl sites for hydroxylation is 1. The van der Waals surface area contributed by atoms with E-state index < -0.39 is 6.04 Å². The zero-order valence-electron chi connectivity index (χ0n) is 15.6. The molecule has 26 heavy (non-hydrogen) atoms. The molecule has 0 saturated heterocycles. The van der Waals surface area contributed by atoms with Crippen LogP contribution in [0.5, 0.6) is 5.75 Å². The van der Waals surface area contributed by atoms with E-state index >= 15 is 0 Å². The number of carbonyl (C=O) groups excluding carboxylic acids is 2. The maximum absolute atomic E-state index is 12.9. The van der Waals surface area contributed by atoms with Crippen molar-refractivity contribution in [3.8, 4) is 5.75 Å². The first-order valence-electron chi connectivity index (χ1n) is 8.77. The van der Waals surface area contributed by atoms with Gasteiger partial charge in [-0.3, -0.25) is 9.59 Å². The lowest BCUT2D eigenvalue weighted by Gasteiger charge is -2.18. The van der Waals surface area contributed by atoms with E-state index in [2.05, 4.69) is 5.32 Å². The molecule has 1 heterocycles. The van der Waals surface area contributed by atoms with Gasteiger partial charge < -0.3 is 15.0 Å². The molecule has 1 aliphatic rings. The van der Waals surface area contributed by atoms with E-state index in [-0.39, 0.29) is 11.7 Å². The minimum absolute atomic E-state index is 0.0117. The van der Waals surface area contributed by atoms with E-state index in [9.17, 15) is 9.59 Å². The first-order valence-corrected chi connectivity index (χ1v) is 8.77. The van der Waals surface area contributed by atoms with Gasteiger partial charge in [-0.15, -0.1) is 0 Å². The van der Waals surface area contributed by atoms with E-state index in [1.807, 2.05) is 44.2 Å². The number of Topliss-reactive ketones (excluding diaryl/α,β-unsaturated/α-hetero) is 1. The van der Waals surface area contributed by atoms with Gasteiger partial charge in [-0.25, -0.2) is 0 Å². The van der Waals surface area contributed by atoms with Crippen LogP contribution in [0.1, 0.15) is 35.3 Å². The summed E-state index contributed by atoms with van der Waals surface area (Å²) in [4.78, 5) is 26.3. The summed E-state index contributed by atoms with van der Waals surface area (Å²) in [7, 11) is 1.61. The zero-order valence-corrected chi connectivity index (χ0v) is 15.6. The molecular formula is C21H24N2O3. The minimum Gasteiger partial charge on any atom is -0.495 e. The highest BCUT2D eigenvalue weighted by atomic mass is 16.5. The second kappa shape index (κ2) is 7.20. The van der Waals surface area contributed by atoms with Crippen LogP contribution in [0.3, 0.4) is 0 Å². The van der Waals surface area contributed by atoms with Crippen LogP contribution < -0.4 is 15.0 Å². The molecule has 1 atom stereocenters. The Kier molecular flexibility index (Phi) is 4.98. The van der Waals surface area contributed by atoms with Crippen molar-refractivity contribution in [2.24, 2.45) is 0 Å².